The van der Waals surface area contributed by atoms with Gasteiger partial charge in [-0.2, -0.15) is 0 Å². The van der Waals surface area contributed by atoms with Crippen molar-refractivity contribution in [2.24, 2.45) is 0 Å². The molecule has 0 aliphatic carbocycles. The van der Waals surface area contributed by atoms with Gasteiger partial charge in [-0.1, -0.05) is 28.1 Å². The van der Waals surface area contributed by atoms with Crippen LogP contribution >= 0.6 is 15.9 Å². The minimum Gasteiger partial charge on any atom is -0.448 e. The smallest absolute Gasteiger partial charge is 0.204 e. The topological polar surface area (TPSA) is 26.0 Å². The van der Waals surface area contributed by atoms with E-state index in [9.17, 15) is 0 Å². The van der Waals surface area contributed by atoms with Crippen LogP contribution < -0.4 is 0 Å². The van der Waals surface area contributed by atoms with Gasteiger partial charge in [-0.05, 0) is 31.5 Å². The predicted octanol–water partition coefficient (Wildman–Crippen LogP) is 3.76. The van der Waals surface area contributed by atoms with E-state index in [1.165, 1.54) is 5.56 Å². The monoisotopic (exact) mass is 265 g/mol. The van der Waals surface area contributed by atoms with Crippen LogP contribution in [0.2, 0.25) is 0 Å². The molecule has 0 bridgehead atoms. The van der Waals surface area contributed by atoms with Gasteiger partial charge in [0.25, 0.3) is 0 Å². The van der Waals surface area contributed by atoms with Gasteiger partial charge >= 0.3 is 0 Å². The molecule has 15 heavy (non-hydrogen) atoms. The maximum atomic E-state index is 5.36. The molecule has 2 nitrogen and oxygen atoms in total. The Morgan fingerprint density at radius 3 is 2.40 bits per heavy atom. The highest BCUT2D eigenvalue weighted by Gasteiger charge is 2.27. The second-order valence-electron chi connectivity index (χ2n) is 3.97. The summed E-state index contributed by atoms with van der Waals surface area (Å²) in [6, 6.07) is 8.21. The maximum Gasteiger partial charge on any atom is 0.204 e. The Balaban J connectivity index is 2.41. The van der Waals surface area contributed by atoms with Crippen LogP contribution in [0.3, 0.4) is 0 Å². The normalized spacial score (nSPS) is 11.7. The molecule has 0 fully saturated rings. The van der Waals surface area contributed by atoms with Crippen molar-refractivity contribution in [3.63, 3.8) is 0 Å². The van der Waals surface area contributed by atoms with E-state index in [1.807, 2.05) is 12.1 Å². The van der Waals surface area contributed by atoms with E-state index in [0.717, 1.165) is 10.4 Å². The number of benzene rings is 1. The van der Waals surface area contributed by atoms with Crippen LogP contribution in [0.1, 0.15) is 25.3 Å². The zero-order chi connectivity index (χ0) is 10.9. The van der Waals surface area contributed by atoms with Crippen molar-refractivity contribution in [3.8, 4) is 0 Å². The molecular weight excluding hydrogens is 254 g/mol. The number of rotatable bonds is 2. The second kappa shape index (κ2) is 3.81. The Morgan fingerprint density at radius 1 is 1.20 bits per heavy atom. The van der Waals surface area contributed by atoms with Crippen molar-refractivity contribution in [3.05, 3.63) is 52.7 Å². The van der Waals surface area contributed by atoms with Crippen molar-refractivity contribution >= 4 is 15.9 Å². The third-order valence-corrected chi connectivity index (χ3v) is 3.06. The summed E-state index contributed by atoms with van der Waals surface area (Å²) in [6.45, 7) is 4.20. The number of nitrogens with zero attached hydrogens (tertiary/aromatic N) is 1. The third kappa shape index (κ3) is 1.97. The van der Waals surface area contributed by atoms with Gasteiger partial charge in [0.2, 0.25) is 5.89 Å². The summed E-state index contributed by atoms with van der Waals surface area (Å²) in [5.41, 5.74) is 0.998. The average molecular weight is 266 g/mol. The number of aromatic nitrogens is 1. The van der Waals surface area contributed by atoms with Gasteiger partial charge in [0.1, 0.15) is 6.26 Å². The molecule has 0 aliphatic rings. The molecule has 0 aliphatic heterocycles. The summed E-state index contributed by atoms with van der Waals surface area (Å²) in [6.07, 6.45) is 3.28. The Bertz CT molecular complexity index is 431. The van der Waals surface area contributed by atoms with Crippen LogP contribution in [0.25, 0.3) is 0 Å². The predicted molar refractivity (Wildman–Crippen MR) is 62.8 cm³/mol. The van der Waals surface area contributed by atoms with Crippen LogP contribution in [0.4, 0.5) is 0 Å². The third-order valence-electron chi connectivity index (χ3n) is 2.53. The first-order valence-corrected chi connectivity index (χ1v) is 5.56. The summed E-state index contributed by atoms with van der Waals surface area (Å²) in [7, 11) is 0. The van der Waals surface area contributed by atoms with E-state index >= 15 is 0 Å². The Labute approximate surface area is 97.5 Å². The van der Waals surface area contributed by atoms with Crippen LogP contribution in [-0.2, 0) is 5.41 Å². The van der Waals surface area contributed by atoms with Gasteiger partial charge in [0.05, 0.1) is 11.6 Å². The SMILES string of the molecule is CC(C)(c1ccc(Br)cc1)c1ncco1. The van der Waals surface area contributed by atoms with E-state index in [2.05, 4.69) is 46.9 Å². The first kappa shape index (κ1) is 10.4. The van der Waals surface area contributed by atoms with Gasteiger partial charge in [0, 0.05) is 4.47 Å². The lowest BCUT2D eigenvalue weighted by Gasteiger charge is -2.21. The van der Waals surface area contributed by atoms with Crippen molar-refractivity contribution in [2.75, 3.05) is 0 Å². The van der Waals surface area contributed by atoms with Gasteiger partial charge in [-0.3, -0.25) is 0 Å². The second-order valence-corrected chi connectivity index (χ2v) is 4.88. The molecule has 0 radical (unpaired) electrons. The molecular formula is C12H12BrNO. The number of hydrogen-bond acceptors (Lipinski definition) is 2. The molecule has 0 saturated carbocycles. The highest BCUT2D eigenvalue weighted by molar-refractivity contribution is 9.10. The largest absolute Gasteiger partial charge is 0.448 e. The number of halogens is 1. The van der Waals surface area contributed by atoms with Gasteiger partial charge < -0.3 is 4.42 Å². The standard InChI is InChI=1S/C12H12BrNO/c1-12(2,11-14-7-8-15-11)9-3-5-10(13)6-4-9/h3-8H,1-2H3. The zero-order valence-corrected chi connectivity index (χ0v) is 10.3. The fourth-order valence-corrected chi connectivity index (χ4v) is 1.79. The lowest BCUT2D eigenvalue weighted by molar-refractivity contribution is 0.412. The Morgan fingerprint density at radius 2 is 1.87 bits per heavy atom. The van der Waals surface area contributed by atoms with E-state index in [1.54, 1.807) is 12.5 Å². The summed E-state index contributed by atoms with van der Waals surface area (Å²) in [5, 5.41) is 0. The van der Waals surface area contributed by atoms with Gasteiger partial charge in [-0.15, -0.1) is 0 Å². The van der Waals surface area contributed by atoms with Crippen LogP contribution in [0, 0.1) is 0 Å². The first-order chi connectivity index (χ1) is 7.10. The van der Waals surface area contributed by atoms with Gasteiger partial charge in [0.15, 0.2) is 0 Å². The van der Waals surface area contributed by atoms with Gasteiger partial charge in [-0.25, -0.2) is 4.98 Å². The van der Waals surface area contributed by atoms with E-state index in [4.69, 9.17) is 4.42 Å². The molecule has 0 unspecified atom stereocenters. The van der Waals surface area contributed by atoms with Crippen LogP contribution in [0.5, 0.6) is 0 Å². The van der Waals surface area contributed by atoms with E-state index in [0.29, 0.717) is 0 Å². The highest BCUT2D eigenvalue weighted by atomic mass is 79.9. The van der Waals surface area contributed by atoms with E-state index < -0.39 is 0 Å². The molecule has 0 N–H and O–H groups in total. The minimum absolute atomic E-state index is 0.190. The molecule has 2 rings (SSSR count). The average Bonchev–Trinajstić information content (AvgIpc) is 2.71. The van der Waals surface area contributed by atoms with Crippen molar-refractivity contribution in [1.82, 2.24) is 4.98 Å². The van der Waals surface area contributed by atoms with Crippen molar-refractivity contribution in [1.29, 1.82) is 0 Å². The quantitative estimate of drug-likeness (QED) is 0.827. The molecule has 3 heteroatoms. The number of hydrogen-bond donors (Lipinski definition) is 0. The van der Waals surface area contributed by atoms with Crippen molar-refractivity contribution < 1.29 is 4.42 Å². The van der Waals surface area contributed by atoms with Crippen LogP contribution in [-0.4, -0.2) is 4.98 Å². The van der Waals surface area contributed by atoms with E-state index in [-0.39, 0.29) is 5.41 Å². The zero-order valence-electron chi connectivity index (χ0n) is 8.70. The maximum absolute atomic E-state index is 5.36. The molecule has 2 aromatic rings. The Hall–Kier alpha value is -1.09. The highest BCUT2D eigenvalue weighted by Crippen LogP contribution is 2.30. The first-order valence-electron chi connectivity index (χ1n) is 4.77. The molecule has 0 atom stereocenters. The summed E-state index contributed by atoms with van der Waals surface area (Å²) >= 11 is 3.42. The molecule has 1 aromatic heterocycles. The molecule has 0 amide bonds. The minimum atomic E-state index is -0.190. The molecule has 1 heterocycles. The van der Waals surface area contributed by atoms with Crippen LogP contribution in [0.15, 0.2) is 45.6 Å². The number of oxazole rings is 1. The molecule has 0 saturated heterocycles. The Kier molecular flexibility index (Phi) is 2.65. The summed E-state index contributed by atoms with van der Waals surface area (Å²) < 4.78 is 6.44. The molecule has 1 aromatic carbocycles. The molecule has 78 valence electrons. The lowest BCUT2D eigenvalue weighted by atomic mass is 9.84. The lowest BCUT2D eigenvalue weighted by Crippen LogP contribution is -2.19. The fourth-order valence-electron chi connectivity index (χ4n) is 1.52. The summed E-state index contributed by atoms with van der Waals surface area (Å²) in [5.74, 6) is 0.741. The summed E-state index contributed by atoms with van der Waals surface area (Å²) in [4.78, 5) is 4.21. The fraction of sp³-hybridized carbons (Fsp3) is 0.250. The molecule has 0 spiro atoms. The van der Waals surface area contributed by atoms with Crippen molar-refractivity contribution in [2.45, 2.75) is 19.3 Å².